The molecule has 0 radical (unpaired) electrons. The van der Waals surface area contributed by atoms with Gasteiger partial charge in [-0.1, -0.05) is 33.8 Å². The van der Waals surface area contributed by atoms with Gasteiger partial charge in [0.05, 0.1) is 5.69 Å². The van der Waals surface area contributed by atoms with Crippen LogP contribution in [0.25, 0.3) is 0 Å². The summed E-state index contributed by atoms with van der Waals surface area (Å²) in [5.74, 6) is 0. The molecular formula is C16H22BrN3S. The highest BCUT2D eigenvalue weighted by atomic mass is 79.9. The van der Waals surface area contributed by atoms with Gasteiger partial charge in [-0.2, -0.15) is 5.10 Å². The van der Waals surface area contributed by atoms with E-state index in [0.717, 1.165) is 16.7 Å². The van der Waals surface area contributed by atoms with Crippen LogP contribution in [0.4, 0.5) is 0 Å². The molecule has 0 aliphatic carbocycles. The molecule has 0 fully saturated rings. The van der Waals surface area contributed by atoms with Crippen LogP contribution in [0, 0.1) is 6.92 Å². The molecule has 2 rings (SSSR count). The standard InChI is InChI=1S/C16H22BrN3S/c1-11-14(10-18-16(2,3)4)15(20(5)19-11)21-13-8-6-7-12(17)9-13/h6-9,18H,10H2,1-5H3. The van der Waals surface area contributed by atoms with Crippen molar-refractivity contribution in [3.8, 4) is 0 Å². The Labute approximate surface area is 139 Å². The maximum atomic E-state index is 4.57. The minimum absolute atomic E-state index is 0.0972. The number of nitrogens with zero attached hydrogens (tertiary/aromatic N) is 2. The zero-order chi connectivity index (χ0) is 15.6. The van der Waals surface area contributed by atoms with Crippen LogP contribution in [-0.2, 0) is 13.6 Å². The van der Waals surface area contributed by atoms with Crippen LogP contribution in [0.1, 0.15) is 32.0 Å². The molecule has 1 aromatic heterocycles. The molecule has 1 heterocycles. The number of rotatable bonds is 4. The van der Waals surface area contributed by atoms with Gasteiger partial charge >= 0.3 is 0 Å². The average molecular weight is 368 g/mol. The second-order valence-corrected chi connectivity index (χ2v) is 8.13. The Balaban J connectivity index is 2.26. The summed E-state index contributed by atoms with van der Waals surface area (Å²) in [6.45, 7) is 9.45. The van der Waals surface area contributed by atoms with Gasteiger partial charge in [-0.25, -0.2) is 0 Å². The Morgan fingerprint density at radius 2 is 2.05 bits per heavy atom. The van der Waals surface area contributed by atoms with Crippen molar-refractivity contribution in [2.75, 3.05) is 0 Å². The summed E-state index contributed by atoms with van der Waals surface area (Å²) in [6.07, 6.45) is 0. The molecule has 0 unspecified atom stereocenters. The molecule has 0 saturated carbocycles. The molecule has 0 spiro atoms. The predicted octanol–water partition coefficient (Wildman–Crippen LogP) is 4.53. The summed E-state index contributed by atoms with van der Waals surface area (Å²) in [5.41, 5.74) is 2.46. The molecule has 0 aliphatic heterocycles. The van der Waals surface area contributed by atoms with Crippen molar-refractivity contribution in [3.63, 3.8) is 0 Å². The molecule has 0 aliphatic rings. The number of hydrogen-bond donors (Lipinski definition) is 1. The molecule has 21 heavy (non-hydrogen) atoms. The van der Waals surface area contributed by atoms with Crippen LogP contribution in [0.15, 0.2) is 38.7 Å². The molecule has 3 nitrogen and oxygen atoms in total. The fourth-order valence-electron chi connectivity index (χ4n) is 2.01. The normalized spacial score (nSPS) is 11.9. The van der Waals surface area contributed by atoms with E-state index in [1.165, 1.54) is 15.5 Å². The van der Waals surface area contributed by atoms with Gasteiger partial charge < -0.3 is 5.32 Å². The molecule has 1 aromatic carbocycles. The summed E-state index contributed by atoms with van der Waals surface area (Å²) in [7, 11) is 2.01. The topological polar surface area (TPSA) is 29.9 Å². The first-order chi connectivity index (χ1) is 9.76. The summed E-state index contributed by atoms with van der Waals surface area (Å²) in [6, 6.07) is 8.36. The van der Waals surface area contributed by atoms with E-state index in [0.29, 0.717) is 0 Å². The van der Waals surface area contributed by atoms with E-state index in [4.69, 9.17) is 0 Å². The maximum Gasteiger partial charge on any atom is 0.103 e. The maximum absolute atomic E-state index is 4.57. The van der Waals surface area contributed by atoms with E-state index < -0.39 is 0 Å². The fraction of sp³-hybridized carbons (Fsp3) is 0.438. The zero-order valence-corrected chi connectivity index (χ0v) is 15.6. The SMILES string of the molecule is Cc1nn(C)c(Sc2cccc(Br)c2)c1CNC(C)(C)C. The van der Waals surface area contributed by atoms with Crippen LogP contribution in [0.3, 0.4) is 0 Å². The van der Waals surface area contributed by atoms with Crippen molar-refractivity contribution >= 4 is 27.7 Å². The number of nitrogens with one attached hydrogen (secondary N) is 1. The Morgan fingerprint density at radius 3 is 2.67 bits per heavy atom. The first kappa shape index (κ1) is 16.6. The highest BCUT2D eigenvalue weighted by molar-refractivity contribution is 9.10. The van der Waals surface area contributed by atoms with Crippen molar-refractivity contribution in [1.29, 1.82) is 0 Å². The Kier molecular flexibility index (Phi) is 5.17. The lowest BCUT2D eigenvalue weighted by Gasteiger charge is -2.20. The third-order valence-electron chi connectivity index (χ3n) is 3.09. The number of benzene rings is 1. The summed E-state index contributed by atoms with van der Waals surface area (Å²) in [5, 5.41) is 9.32. The van der Waals surface area contributed by atoms with E-state index in [9.17, 15) is 0 Å². The van der Waals surface area contributed by atoms with Gasteiger partial charge in [0.1, 0.15) is 5.03 Å². The second kappa shape index (κ2) is 6.55. The third kappa shape index (κ3) is 4.59. The van der Waals surface area contributed by atoms with E-state index >= 15 is 0 Å². The lowest BCUT2D eigenvalue weighted by atomic mass is 10.1. The van der Waals surface area contributed by atoms with Gasteiger partial charge in [-0.15, -0.1) is 0 Å². The lowest BCUT2D eigenvalue weighted by molar-refractivity contribution is 0.421. The van der Waals surface area contributed by atoms with E-state index in [2.05, 4.69) is 72.2 Å². The van der Waals surface area contributed by atoms with Crippen LogP contribution in [-0.4, -0.2) is 15.3 Å². The van der Waals surface area contributed by atoms with Crippen molar-refractivity contribution in [2.24, 2.45) is 7.05 Å². The highest BCUT2D eigenvalue weighted by Gasteiger charge is 2.17. The van der Waals surface area contributed by atoms with Gasteiger partial charge in [-0.05, 0) is 45.9 Å². The van der Waals surface area contributed by atoms with Crippen molar-refractivity contribution < 1.29 is 0 Å². The van der Waals surface area contributed by atoms with Crippen molar-refractivity contribution in [1.82, 2.24) is 15.1 Å². The molecule has 0 amide bonds. The first-order valence-corrected chi connectivity index (χ1v) is 8.58. The lowest BCUT2D eigenvalue weighted by Crippen LogP contribution is -2.35. The summed E-state index contributed by atoms with van der Waals surface area (Å²) >= 11 is 5.28. The smallest absolute Gasteiger partial charge is 0.103 e. The van der Waals surface area contributed by atoms with Crippen LogP contribution < -0.4 is 5.32 Å². The summed E-state index contributed by atoms with van der Waals surface area (Å²) in [4.78, 5) is 1.21. The predicted molar refractivity (Wildman–Crippen MR) is 92.8 cm³/mol. The third-order valence-corrected chi connectivity index (χ3v) is 4.78. The van der Waals surface area contributed by atoms with Gasteiger partial charge in [0.2, 0.25) is 0 Å². The largest absolute Gasteiger partial charge is 0.308 e. The number of aryl methyl sites for hydroxylation is 2. The number of aromatic nitrogens is 2. The monoisotopic (exact) mass is 367 g/mol. The van der Waals surface area contributed by atoms with Crippen molar-refractivity contribution in [3.05, 3.63) is 40.0 Å². The number of hydrogen-bond acceptors (Lipinski definition) is 3. The molecule has 0 saturated heterocycles. The van der Waals surface area contributed by atoms with E-state index in [1.54, 1.807) is 11.8 Å². The Bertz CT molecular complexity index is 629. The minimum atomic E-state index is 0.0972. The molecular weight excluding hydrogens is 346 g/mol. The molecule has 0 atom stereocenters. The number of halogens is 1. The van der Waals surface area contributed by atoms with Crippen LogP contribution >= 0.6 is 27.7 Å². The van der Waals surface area contributed by atoms with Crippen LogP contribution in [0.5, 0.6) is 0 Å². The summed E-state index contributed by atoms with van der Waals surface area (Å²) < 4.78 is 3.07. The van der Waals surface area contributed by atoms with Gasteiger partial charge in [0.25, 0.3) is 0 Å². The second-order valence-electron chi connectivity index (χ2n) is 6.16. The molecule has 0 bridgehead atoms. The fourth-order valence-corrected chi connectivity index (χ4v) is 3.63. The molecule has 5 heteroatoms. The van der Waals surface area contributed by atoms with Crippen LogP contribution in [0.2, 0.25) is 0 Å². The van der Waals surface area contributed by atoms with E-state index in [1.807, 2.05) is 17.8 Å². The quantitative estimate of drug-likeness (QED) is 0.860. The van der Waals surface area contributed by atoms with Gasteiger partial charge in [0.15, 0.2) is 0 Å². The Morgan fingerprint density at radius 1 is 1.33 bits per heavy atom. The van der Waals surface area contributed by atoms with Gasteiger partial charge in [0, 0.05) is 34.1 Å². The minimum Gasteiger partial charge on any atom is -0.308 e. The molecule has 114 valence electrons. The van der Waals surface area contributed by atoms with E-state index in [-0.39, 0.29) is 5.54 Å². The van der Waals surface area contributed by atoms with Gasteiger partial charge in [-0.3, -0.25) is 4.68 Å². The highest BCUT2D eigenvalue weighted by Crippen LogP contribution is 2.33. The Hall–Kier alpha value is -0.780. The van der Waals surface area contributed by atoms with Crippen molar-refractivity contribution in [2.45, 2.75) is 49.7 Å². The molecule has 2 aromatic rings. The first-order valence-electron chi connectivity index (χ1n) is 6.97. The average Bonchev–Trinajstić information content (AvgIpc) is 2.61. The molecule has 1 N–H and O–H groups in total. The zero-order valence-electron chi connectivity index (χ0n) is 13.2.